The number of thiophene rings is 1. The van der Waals surface area contributed by atoms with Gasteiger partial charge in [-0.2, -0.15) is 0 Å². The van der Waals surface area contributed by atoms with Crippen LogP contribution in [0.15, 0.2) is 24.3 Å². The molecule has 1 atom stereocenters. The highest BCUT2D eigenvalue weighted by atomic mass is 32.1. The summed E-state index contributed by atoms with van der Waals surface area (Å²) in [5.41, 5.74) is 2.98. The van der Waals surface area contributed by atoms with E-state index in [-0.39, 0.29) is 11.9 Å². The molecular weight excluding hydrogens is 269 g/mol. The van der Waals surface area contributed by atoms with Crippen molar-refractivity contribution >= 4 is 11.3 Å². The molecule has 1 aromatic heterocycles. The van der Waals surface area contributed by atoms with Crippen molar-refractivity contribution < 1.29 is 4.39 Å². The van der Waals surface area contributed by atoms with Gasteiger partial charge in [0.2, 0.25) is 0 Å². The van der Waals surface area contributed by atoms with Gasteiger partial charge in [0.15, 0.2) is 0 Å². The first-order chi connectivity index (χ1) is 9.52. The summed E-state index contributed by atoms with van der Waals surface area (Å²) in [7, 11) is 0. The van der Waals surface area contributed by atoms with Crippen molar-refractivity contribution in [2.75, 3.05) is 6.54 Å². The highest BCUT2D eigenvalue weighted by molar-refractivity contribution is 7.12. The second kappa shape index (κ2) is 6.51. The fraction of sp³-hybridized carbons (Fsp3) is 0.412. The maximum Gasteiger partial charge on any atom is 0.126 e. The third-order valence-electron chi connectivity index (χ3n) is 3.47. The maximum atomic E-state index is 13.9. The van der Waals surface area contributed by atoms with Crippen molar-refractivity contribution in [1.82, 2.24) is 5.32 Å². The van der Waals surface area contributed by atoms with Crippen LogP contribution in [-0.4, -0.2) is 6.54 Å². The van der Waals surface area contributed by atoms with Crippen molar-refractivity contribution in [2.45, 2.75) is 40.2 Å². The zero-order valence-electron chi connectivity index (χ0n) is 12.6. The van der Waals surface area contributed by atoms with Crippen LogP contribution in [0.5, 0.6) is 0 Å². The molecule has 0 aliphatic carbocycles. The Kier molecular flexibility index (Phi) is 4.95. The predicted octanol–water partition coefficient (Wildman–Crippen LogP) is 4.90. The smallest absolute Gasteiger partial charge is 0.126 e. The van der Waals surface area contributed by atoms with Crippen LogP contribution in [0.3, 0.4) is 0 Å². The van der Waals surface area contributed by atoms with E-state index >= 15 is 0 Å². The molecular formula is C17H22FNS. The molecule has 1 N–H and O–H groups in total. The second-order valence-corrected chi connectivity index (χ2v) is 6.59. The largest absolute Gasteiger partial charge is 0.306 e. The molecule has 1 aromatic carbocycles. The molecule has 0 radical (unpaired) electrons. The number of hydrogen-bond donors (Lipinski definition) is 1. The van der Waals surface area contributed by atoms with E-state index in [0.29, 0.717) is 5.56 Å². The Labute approximate surface area is 124 Å². The fourth-order valence-electron chi connectivity index (χ4n) is 2.39. The van der Waals surface area contributed by atoms with Gasteiger partial charge in [-0.1, -0.05) is 19.1 Å². The highest BCUT2D eigenvalue weighted by Crippen LogP contribution is 2.32. The molecule has 0 aliphatic rings. The molecule has 1 heterocycles. The molecule has 0 bridgehead atoms. The second-order valence-electron chi connectivity index (χ2n) is 5.30. The Hall–Kier alpha value is -1.19. The summed E-state index contributed by atoms with van der Waals surface area (Å²) in [4.78, 5) is 2.59. The molecule has 0 saturated heterocycles. The molecule has 2 aromatic rings. The molecule has 0 saturated carbocycles. The minimum Gasteiger partial charge on any atom is -0.306 e. The highest BCUT2D eigenvalue weighted by Gasteiger charge is 2.18. The quantitative estimate of drug-likeness (QED) is 0.826. The van der Waals surface area contributed by atoms with Crippen LogP contribution in [0.2, 0.25) is 0 Å². The van der Waals surface area contributed by atoms with E-state index in [1.54, 1.807) is 24.3 Å². The van der Waals surface area contributed by atoms with Crippen LogP contribution in [0.1, 0.15) is 45.8 Å². The van der Waals surface area contributed by atoms with Gasteiger partial charge in [0, 0.05) is 9.75 Å². The van der Waals surface area contributed by atoms with E-state index in [0.717, 1.165) is 18.5 Å². The molecule has 0 amide bonds. The lowest BCUT2D eigenvalue weighted by Crippen LogP contribution is -2.23. The molecule has 20 heavy (non-hydrogen) atoms. The molecule has 1 unspecified atom stereocenters. The van der Waals surface area contributed by atoms with Crippen LogP contribution >= 0.6 is 11.3 Å². The summed E-state index contributed by atoms with van der Waals surface area (Å²) in [5.74, 6) is -0.128. The molecule has 3 heteroatoms. The summed E-state index contributed by atoms with van der Waals surface area (Å²) in [6.07, 6.45) is 1.06. The number of benzene rings is 1. The van der Waals surface area contributed by atoms with Crippen LogP contribution in [0, 0.1) is 26.6 Å². The number of halogens is 1. The van der Waals surface area contributed by atoms with Crippen molar-refractivity contribution in [2.24, 2.45) is 0 Å². The van der Waals surface area contributed by atoms with E-state index in [4.69, 9.17) is 0 Å². The summed E-state index contributed by atoms with van der Waals surface area (Å²) in [5, 5.41) is 3.55. The minimum absolute atomic E-state index is 0.0868. The maximum absolute atomic E-state index is 13.9. The third kappa shape index (κ3) is 3.28. The Bertz CT molecular complexity index is 589. The zero-order chi connectivity index (χ0) is 14.7. The molecule has 0 aliphatic heterocycles. The molecule has 2 rings (SSSR count). The molecule has 108 valence electrons. The summed E-state index contributed by atoms with van der Waals surface area (Å²) < 4.78 is 13.9. The SMILES string of the molecule is CCCNC(c1ccc(C)c(F)c1)c1sc(C)cc1C. The van der Waals surface area contributed by atoms with E-state index in [9.17, 15) is 4.39 Å². The normalized spacial score (nSPS) is 12.7. The van der Waals surface area contributed by atoms with Gasteiger partial charge in [-0.3, -0.25) is 0 Å². The van der Waals surface area contributed by atoms with Gasteiger partial charge >= 0.3 is 0 Å². The molecule has 0 spiro atoms. The van der Waals surface area contributed by atoms with E-state index in [2.05, 4.69) is 32.2 Å². The average Bonchev–Trinajstić information content (AvgIpc) is 2.73. The van der Waals surface area contributed by atoms with E-state index < -0.39 is 0 Å². The number of nitrogens with one attached hydrogen (secondary N) is 1. The first-order valence-electron chi connectivity index (χ1n) is 7.09. The van der Waals surface area contributed by atoms with Gasteiger partial charge in [-0.15, -0.1) is 11.3 Å². The predicted molar refractivity (Wildman–Crippen MR) is 85.1 cm³/mol. The first-order valence-corrected chi connectivity index (χ1v) is 7.91. The lowest BCUT2D eigenvalue weighted by Gasteiger charge is -2.19. The van der Waals surface area contributed by atoms with Crippen molar-refractivity contribution in [3.05, 3.63) is 56.5 Å². The van der Waals surface area contributed by atoms with Crippen LogP contribution in [0.4, 0.5) is 4.39 Å². The van der Waals surface area contributed by atoms with Crippen LogP contribution in [-0.2, 0) is 0 Å². The lowest BCUT2D eigenvalue weighted by molar-refractivity contribution is 0.586. The summed E-state index contributed by atoms with van der Waals surface area (Å²) >= 11 is 1.79. The van der Waals surface area contributed by atoms with Gasteiger partial charge in [-0.05, 0) is 62.6 Å². The van der Waals surface area contributed by atoms with E-state index in [1.807, 2.05) is 12.1 Å². The first kappa shape index (κ1) is 15.2. The van der Waals surface area contributed by atoms with E-state index in [1.165, 1.54) is 15.3 Å². The van der Waals surface area contributed by atoms with Gasteiger partial charge < -0.3 is 5.32 Å². The number of hydrogen-bond acceptors (Lipinski definition) is 2. The van der Waals surface area contributed by atoms with Crippen molar-refractivity contribution in [3.63, 3.8) is 0 Å². The standard InChI is InChI=1S/C17H22FNS/c1-5-8-19-16(17-12(3)9-13(4)20-17)14-7-6-11(2)15(18)10-14/h6-7,9-10,16,19H,5,8H2,1-4H3. The van der Waals surface area contributed by atoms with Crippen LogP contribution < -0.4 is 5.32 Å². The van der Waals surface area contributed by atoms with Crippen molar-refractivity contribution in [1.29, 1.82) is 0 Å². The van der Waals surface area contributed by atoms with Gasteiger partial charge in [0.05, 0.1) is 6.04 Å². The molecule has 1 nitrogen and oxygen atoms in total. The average molecular weight is 291 g/mol. The van der Waals surface area contributed by atoms with Gasteiger partial charge in [-0.25, -0.2) is 4.39 Å². The van der Waals surface area contributed by atoms with Gasteiger partial charge in [0.1, 0.15) is 5.82 Å². The Morgan fingerprint density at radius 2 is 1.90 bits per heavy atom. The Balaban J connectivity index is 2.41. The summed E-state index contributed by atoms with van der Waals surface area (Å²) in [6, 6.07) is 7.84. The minimum atomic E-state index is -0.128. The number of aryl methyl sites for hydroxylation is 3. The summed E-state index contributed by atoms with van der Waals surface area (Å²) in [6.45, 7) is 9.12. The lowest BCUT2D eigenvalue weighted by atomic mass is 10.0. The van der Waals surface area contributed by atoms with Crippen molar-refractivity contribution in [3.8, 4) is 0 Å². The third-order valence-corrected chi connectivity index (χ3v) is 4.69. The molecule has 0 fully saturated rings. The number of rotatable bonds is 5. The Morgan fingerprint density at radius 3 is 2.45 bits per heavy atom. The fourth-order valence-corrected chi connectivity index (χ4v) is 3.53. The topological polar surface area (TPSA) is 12.0 Å². The van der Waals surface area contributed by atoms with Gasteiger partial charge in [0.25, 0.3) is 0 Å². The van der Waals surface area contributed by atoms with Crippen LogP contribution in [0.25, 0.3) is 0 Å². The zero-order valence-corrected chi connectivity index (χ0v) is 13.4. The monoisotopic (exact) mass is 291 g/mol. The Morgan fingerprint density at radius 1 is 1.15 bits per heavy atom.